The van der Waals surface area contributed by atoms with Gasteiger partial charge in [0.2, 0.25) is 88.6 Å². The van der Waals surface area contributed by atoms with Gasteiger partial charge in [-0.2, -0.15) is 0 Å². The molecule has 2 aliphatic heterocycles. The van der Waals surface area contributed by atoms with E-state index in [-0.39, 0.29) is 101 Å². The van der Waals surface area contributed by atoms with Gasteiger partial charge in [0.1, 0.15) is 85.1 Å². The Labute approximate surface area is 685 Å². The Balaban J connectivity index is 1.24. The molecular formula is C72H107N23O25. The van der Waals surface area contributed by atoms with Gasteiger partial charge < -0.3 is 141 Å². The summed E-state index contributed by atoms with van der Waals surface area (Å²) in [6, 6.07) is -13.9. The number of aliphatic hydroxyl groups is 4. The number of nitrogens with zero attached hydrogens (tertiary/aromatic N) is 4. The number of benzene rings is 1. The number of carboxylic acids is 3. The summed E-state index contributed by atoms with van der Waals surface area (Å²) in [5.74, 6) is -20.4. The van der Waals surface area contributed by atoms with E-state index in [0.717, 1.165) is 9.80 Å². The standard InChI is InChI=1S/C72H107N23O25/c1-4-36(2)57(69(118)83-37(3)58(107)84-43(17-19-55(103)104)61(110)87-45(23-38-11-6-5-7-12-38)70(119)95-22-10-15-52(95)68(117)92-50(33-99)63(112)85-42(13-8-20-78-72(74)75)60(109)80-29-56(105)106)93-53(100)28-79-67(116)51-14-9-21-94(51)71(120)46(25-40-27-77-35-82-40)88-62(111)44(24-39-26-76-34-81-39)86-64(113)48(31-97)90-66(115)49(32-98)91-65(114)47(30-96)89-59(108)41(73)16-18-54(101)102/h5-7,11-12,26-27,34-37,41-52,57,96-99H,4,8-10,13-25,28-33,73H2,1-3H3,(H,76,81)(H,77,82)(H,79,116)(H,80,109)(H,83,118)(H,84,107)(H,85,112)(H,86,113)(H,87,110)(H,88,111)(H,89,108)(H,90,115)(H,91,114)(H,92,117)(H,93,100)(H,101,102)(H,103,104)(H,105,106)(H4,74,75,78)/t36-,37-,41-,42-,43-,44-,45-,46-,47-,48-,49-,50-,51-,52-,57-/m0/s1. The van der Waals surface area contributed by atoms with Gasteiger partial charge in [0, 0.05) is 64.1 Å². The van der Waals surface area contributed by atoms with Crippen LogP contribution in [-0.4, -0.2) is 322 Å². The van der Waals surface area contributed by atoms with Crippen LogP contribution in [0.15, 0.2) is 55.4 Å². The molecule has 0 saturated carbocycles. The maximum Gasteiger partial charge on any atom is 0.322 e. The number of H-pyrrole nitrogens is 2. The van der Waals surface area contributed by atoms with Gasteiger partial charge in [-0.15, -0.1) is 0 Å². The molecule has 0 aliphatic carbocycles. The topological polar surface area (TPSA) is 757 Å². The highest BCUT2D eigenvalue weighted by atomic mass is 16.4. The van der Waals surface area contributed by atoms with Crippen LogP contribution in [-0.2, 0) is 106 Å². The fourth-order valence-electron chi connectivity index (χ4n) is 12.6. The van der Waals surface area contributed by atoms with Gasteiger partial charge in [-0.3, -0.25) is 91.7 Å². The number of aliphatic carboxylic acids is 3. The molecule has 48 heteroatoms. The second kappa shape index (κ2) is 49.4. The van der Waals surface area contributed by atoms with Gasteiger partial charge in [-0.05, 0) is 69.8 Å². The molecule has 2 fully saturated rings. The first-order chi connectivity index (χ1) is 57.0. The summed E-state index contributed by atoms with van der Waals surface area (Å²) >= 11 is 0. The molecule has 0 spiro atoms. The van der Waals surface area contributed by atoms with Crippen molar-refractivity contribution >= 4 is 112 Å². The van der Waals surface area contributed by atoms with Crippen LogP contribution in [0.1, 0.15) is 108 Å². The van der Waals surface area contributed by atoms with Gasteiger partial charge in [0.15, 0.2) is 5.96 Å². The number of rotatable bonds is 51. The molecule has 48 nitrogen and oxygen atoms in total. The lowest BCUT2D eigenvalue weighted by atomic mass is 9.98. The zero-order chi connectivity index (χ0) is 88.9. The number of carbonyl (C=O) groups is 18. The molecule has 0 unspecified atom stereocenters. The molecule has 2 aliphatic rings. The minimum absolute atomic E-state index is 0.0148. The first-order valence-corrected chi connectivity index (χ1v) is 38.4. The van der Waals surface area contributed by atoms with Crippen LogP contribution in [0.3, 0.4) is 0 Å². The van der Waals surface area contributed by atoms with E-state index in [4.69, 9.17) is 27.1 Å². The number of hydrogen-bond acceptors (Lipinski definition) is 26. The first kappa shape index (κ1) is 97.7. The average molecular weight is 1690 g/mol. The Morgan fingerprint density at radius 3 is 1.42 bits per heavy atom. The van der Waals surface area contributed by atoms with Crippen molar-refractivity contribution < 1.29 is 122 Å². The van der Waals surface area contributed by atoms with Gasteiger partial charge in [0.05, 0.1) is 63.1 Å². The maximum atomic E-state index is 14.8. The van der Waals surface area contributed by atoms with E-state index < -0.39 is 262 Å². The van der Waals surface area contributed by atoms with Crippen molar-refractivity contribution in [3.05, 3.63) is 72.3 Å². The molecule has 5 rings (SSSR count). The van der Waals surface area contributed by atoms with Crippen LogP contribution in [0.5, 0.6) is 0 Å². The minimum atomic E-state index is -1.92. The number of aromatic nitrogens is 4. The van der Waals surface area contributed by atoms with Gasteiger partial charge in [0.25, 0.3) is 0 Å². The SMILES string of the molecule is CC[C@H](C)[C@H](NC(=O)CNC(=O)[C@@H]1CCCN1C(=O)[C@H](Cc1c[nH]cn1)NC(=O)[C@H](Cc1c[nH]cn1)NC(=O)[C@H](CO)NC(=O)[C@H](CO)NC(=O)[C@H](CO)NC(=O)[C@@H](N)CCC(=O)O)C(=O)N[C@@H](C)C(=O)N[C@@H](CCC(=O)O)C(=O)N[C@@H](Cc1ccccc1)C(=O)N1CCC[C@H]1C(=O)N[C@@H](CO)C(=O)N[C@@H](CCCNC(=N)N)C(=O)NCC(=O)O. The van der Waals surface area contributed by atoms with Crippen LogP contribution < -0.4 is 85.9 Å². The number of aliphatic hydroxyl groups excluding tert-OH is 4. The number of amides is 15. The number of nitrogens with two attached hydrogens (primary N) is 2. The van der Waals surface area contributed by atoms with E-state index in [2.05, 4.69) is 94.4 Å². The molecule has 660 valence electrons. The molecule has 0 bridgehead atoms. The zero-order valence-corrected chi connectivity index (χ0v) is 66.0. The number of imidazole rings is 2. The number of aromatic amines is 2. The fraction of sp³-hybridized carbons (Fsp3) is 0.569. The van der Waals surface area contributed by atoms with Crippen molar-refractivity contribution in [2.24, 2.45) is 17.4 Å². The van der Waals surface area contributed by atoms with Crippen LogP contribution in [0.25, 0.3) is 0 Å². The highest BCUT2D eigenvalue weighted by molar-refractivity contribution is 6.01. The molecule has 0 radical (unpaired) electrons. The number of guanidine groups is 1. The quantitative estimate of drug-likeness (QED) is 0.0142. The molecule has 28 N–H and O–H groups in total. The highest BCUT2D eigenvalue weighted by Crippen LogP contribution is 2.23. The third-order valence-corrected chi connectivity index (χ3v) is 19.3. The highest BCUT2D eigenvalue weighted by Gasteiger charge is 2.43. The van der Waals surface area contributed by atoms with Gasteiger partial charge in [-0.1, -0.05) is 50.6 Å². The molecule has 4 heterocycles. The van der Waals surface area contributed by atoms with Crippen LogP contribution in [0, 0.1) is 11.3 Å². The fourth-order valence-corrected chi connectivity index (χ4v) is 12.6. The van der Waals surface area contributed by atoms with E-state index in [9.17, 15) is 112 Å². The first-order valence-electron chi connectivity index (χ1n) is 38.4. The van der Waals surface area contributed by atoms with E-state index in [1.54, 1.807) is 44.2 Å². The number of carboxylic acid groups (broad SMARTS) is 3. The number of carbonyl (C=O) groups excluding carboxylic acids is 15. The summed E-state index contributed by atoms with van der Waals surface area (Å²) in [5.41, 5.74) is 11.9. The van der Waals surface area contributed by atoms with Crippen molar-refractivity contribution in [3.63, 3.8) is 0 Å². The summed E-state index contributed by atoms with van der Waals surface area (Å²) < 4.78 is 0. The lowest BCUT2D eigenvalue weighted by molar-refractivity contribution is -0.143. The summed E-state index contributed by atoms with van der Waals surface area (Å²) in [6.07, 6.45) is 2.99. The second-order valence-electron chi connectivity index (χ2n) is 28.3. The molecule has 15 atom stereocenters. The van der Waals surface area contributed by atoms with Crippen molar-refractivity contribution in [1.29, 1.82) is 5.41 Å². The van der Waals surface area contributed by atoms with E-state index in [0.29, 0.717) is 5.56 Å². The molecule has 3 aromatic rings. The molecule has 15 amide bonds. The van der Waals surface area contributed by atoms with Crippen LogP contribution in [0.4, 0.5) is 0 Å². The Kier molecular flexibility index (Phi) is 40.2. The van der Waals surface area contributed by atoms with Crippen LogP contribution in [0.2, 0.25) is 0 Å². The summed E-state index contributed by atoms with van der Waals surface area (Å²) in [5, 5.41) is 109. The van der Waals surface area contributed by atoms with Crippen molar-refractivity contribution in [2.45, 2.75) is 195 Å². The Bertz CT molecular complexity index is 4050. The van der Waals surface area contributed by atoms with Gasteiger partial charge >= 0.3 is 17.9 Å². The van der Waals surface area contributed by atoms with E-state index >= 15 is 0 Å². The number of hydrogen-bond donors (Lipinski definition) is 26. The lowest BCUT2D eigenvalue weighted by Crippen LogP contribution is -2.61. The Morgan fingerprint density at radius 1 is 0.483 bits per heavy atom. The zero-order valence-electron chi connectivity index (χ0n) is 66.0. The molecule has 1 aromatic carbocycles. The van der Waals surface area contributed by atoms with Crippen molar-refractivity contribution in [1.82, 2.24) is 104 Å². The summed E-state index contributed by atoms with van der Waals surface area (Å²) in [6.45, 7) is -1.54. The average Bonchev–Trinajstić information content (AvgIpc) is 1.27. The van der Waals surface area contributed by atoms with Crippen molar-refractivity contribution in [3.8, 4) is 0 Å². The van der Waals surface area contributed by atoms with Crippen molar-refractivity contribution in [2.75, 3.05) is 59.2 Å². The third kappa shape index (κ3) is 31.6. The van der Waals surface area contributed by atoms with Crippen LogP contribution >= 0.6 is 0 Å². The number of likely N-dealkylation sites (tertiary alicyclic amines) is 2. The molecular weight excluding hydrogens is 1590 g/mol. The maximum absolute atomic E-state index is 14.8. The third-order valence-electron chi connectivity index (χ3n) is 19.3. The second-order valence-corrected chi connectivity index (χ2v) is 28.3. The lowest BCUT2D eigenvalue weighted by Gasteiger charge is -2.31. The van der Waals surface area contributed by atoms with E-state index in [1.165, 1.54) is 32.0 Å². The van der Waals surface area contributed by atoms with E-state index in [1.807, 2.05) is 0 Å². The molecule has 2 aromatic heterocycles. The normalized spacial score (nSPS) is 16.8. The smallest absolute Gasteiger partial charge is 0.322 e. The molecule has 2 saturated heterocycles. The summed E-state index contributed by atoms with van der Waals surface area (Å²) in [4.78, 5) is 258. The molecule has 120 heavy (non-hydrogen) atoms. The summed E-state index contributed by atoms with van der Waals surface area (Å²) in [7, 11) is 0. The Hall–Kier alpha value is -12.8. The predicted molar refractivity (Wildman–Crippen MR) is 413 cm³/mol. The number of nitrogens with one attached hydrogen (secondary N) is 17. The monoisotopic (exact) mass is 1690 g/mol. The predicted octanol–water partition coefficient (Wildman–Crippen LogP) is -10.9. The largest absolute Gasteiger partial charge is 0.481 e. The minimum Gasteiger partial charge on any atom is -0.481 e. The van der Waals surface area contributed by atoms with Gasteiger partial charge in [-0.25, -0.2) is 9.97 Å². The Morgan fingerprint density at radius 2 is 0.925 bits per heavy atom.